The van der Waals surface area contributed by atoms with E-state index in [1.807, 2.05) is 0 Å². The van der Waals surface area contributed by atoms with Gasteiger partial charge in [-0.2, -0.15) is 0 Å². The molecule has 0 unspecified atom stereocenters. The maximum Gasteiger partial charge on any atom is 0.310 e. The predicted molar refractivity (Wildman–Crippen MR) is 50.0 cm³/mol. The number of rotatable bonds is 6. The lowest BCUT2D eigenvalue weighted by molar-refractivity contribution is -0.138. The van der Waals surface area contributed by atoms with Gasteiger partial charge in [0.1, 0.15) is 0 Å². The summed E-state index contributed by atoms with van der Waals surface area (Å²) in [5.41, 5.74) is 0. The van der Waals surface area contributed by atoms with Gasteiger partial charge in [-0.25, -0.2) is 0 Å². The van der Waals surface area contributed by atoms with Crippen molar-refractivity contribution in [3.05, 3.63) is 25.0 Å². The number of halogens is 1. The van der Waals surface area contributed by atoms with Gasteiger partial charge in [-0.3, -0.25) is 4.79 Å². The first kappa shape index (κ1) is 11.2. The molecule has 68 valence electrons. The number of alkyl halides is 1. The van der Waals surface area contributed by atoms with Gasteiger partial charge in [0.05, 0.1) is 6.26 Å². The highest BCUT2D eigenvalue weighted by Crippen LogP contribution is 1.99. The van der Waals surface area contributed by atoms with E-state index in [1.54, 1.807) is 12.2 Å². The highest BCUT2D eigenvalue weighted by molar-refractivity contribution is 6.17. The zero-order valence-corrected chi connectivity index (χ0v) is 7.72. The monoisotopic (exact) mass is 188 g/mol. The van der Waals surface area contributed by atoms with Crippen molar-refractivity contribution in [3.8, 4) is 0 Å². The van der Waals surface area contributed by atoms with Crippen LogP contribution in [0.2, 0.25) is 0 Å². The summed E-state index contributed by atoms with van der Waals surface area (Å²) in [6.45, 7) is 3.44. The number of ether oxygens (including phenoxy) is 1. The highest BCUT2D eigenvalue weighted by atomic mass is 35.5. The van der Waals surface area contributed by atoms with E-state index in [0.717, 1.165) is 12.8 Å². The standard InChI is InChI=1S/C9H13ClO2/c1-2-3-8-12-9(11)6-4-5-7-10/h2-3,8H,1,4-7H2. The van der Waals surface area contributed by atoms with Crippen LogP contribution < -0.4 is 0 Å². The summed E-state index contributed by atoms with van der Waals surface area (Å²) in [4.78, 5) is 10.8. The average molecular weight is 189 g/mol. The summed E-state index contributed by atoms with van der Waals surface area (Å²) in [6, 6.07) is 0. The molecule has 0 aliphatic heterocycles. The van der Waals surface area contributed by atoms with Crippen molar-refractivity contribution in [1.29, 1.82) is 0 Å². The summed E-state index contributed by atoms with van der Waals surface area (Å²) < 4.78 is 4.70. The maximum atomic E-state index is 10.8. The minimum absolute atomic E-state index is 0.224. The zero-order valence-electron chi connectivity index (χ0n) is 6.96. The number of hydrogen-bond acceptors (Lipinski definition) is 2. The summed E-state index contributed by atoms with van der Waals surface area (Å²) >= 11 is 5.43. The van der Waals surface area contributed by atoms with E-state index < -0.39 is 0 Å². The van der Waals surface area contributed by atoms with Crippen LogP contribution in [0.25, 0.3) is 0 Å². The Morgan fingerprint density at radius 2 is 2.25 bits per heavy atom. The number of unbranched alkanes of at least 4 members (excludes halogenated alkanes) is 1. The fraction of sp³-hybridized carbons (Fsp3) is 0.444. The molecule has 0 saturated heterocycles. The Hall–Kier alpha value is -0.760. The molecule has 0 rings (SSSR count). The minimum Gasteiger partial charge on any atom is -0.434 e. The van der Waals surface area contributed by atoms with Crippen LogP contribution in [-0.4, -0.2) is 11.8 Å². The molecule has 0 aromatic carbocycles. The fourth-order valence-corrected chi connectivity index (χ4v) is 0.782. The van der Waals surface area contributed by atoms with E-state index in [0.29, 0.717) is 12.3 Å². The van der Waals surface area contributed by atoms with E-state index in [9.17, 15) is 4.79 Å². The largest absolute Gasteiger partial charge is 0.434 e. The third-order valence-corrected chi connectivity index (χ3v) is 1.45. The Morgan fingerprint density at radius 3 is 2.83 bits per heavy atom. The van der Waals surface area contributed by atoms with Gasteiger partial charge < -0.3 is 4.74 Å². The summed E-state index contributed by atoms with van der Waals surface area (Å²) in [7, 11) is 0. The number of carbonyl (C=O) groups excluding carboxylic acids is 1. The Kier molecular flexibility index (Phi) is 7.81. The Balaban J connectivity index is 3.33. The SMILES string of the molecule is C=CC=COC(=O)CCCCCl. The smallest absolute Gasteiger partial charge is 0.310 e. The van der Waals surface area contributed by atoms with Gasteiger partial charge in [-0.05, 0) is 18.9 Å². The molecule has 0 radical (unpaired) electrons. The molecule has 0 N–H and O–H groups in total. The van der Waals surface area contributed by atoms with Crippen LogP contribution in [0, 0.1) is 0 Å². The molecule has 0 aromatic rings. The van der Waals surface area contributed by atoms with E-state index in [4.69, 9.17) is 16.3 Å². The molecular weight excluding hydrogens is 176 g/mol. The second-order valence-corrected chi connectivity index (χ2v) is 2.58. The van der Waals surface area contributed by atoms with Gasteiger partial charge in [-0.15, -0.1) is 11.6 Å². The van der Waals surface area contributed by atoms with E-state index >= 15 is 0 Å². The predicted octanol–water partition coefficient (Wildman–Crippen LogP) is 2.64. The molecule has 0 saturated carbocycles. The lowest BCUT2D eigenvalue weighted by Crippen LogP contribution is -1.98. The summed E-state index contributed by atoms with van der Waals surface area (Å²) in [5.74, 6) is 0.369. The van der Waals surface area contributed by atoms with Crippen molar-refractivity contribution in [2.24, 2.45) is 0 Å². The molecule has 0 fully saturated rings. The second-order valence-electron chi connectivity index (χ2n) is 2.20. The fourth-order valence-electron chi connectivity index (χ4n) is 0.593. The molecule has 0 aliphatic carbocycles. The molecule has 0 aliphatic rings. The first-order valence-electron chi connectivity index (χ1n) is 3.84. The maximum absolute atomic E-state index is 10.8. The van der Waals surface area contributed by atoms with Crippen molar-refractivity contribution < 1.29 is 9.53 Å². The molecule has 0 heterocycles. The molecule has 0 aromatic heterocycles. The van der Waals surface area contributed by atoms with Crippen LogP contribution in [0.1, 0.15) is 19.3 Å². The number of hydrogen-bond donors (Lipinski definition) is 0. The highest BCUT2D eigenvalue weighted by Gasteiger charge is 1.98. The average Bonchev–Trinajstić information content (AvgIpc) is 2.06. The van der Waals surface area contributed by atoms with Gasteiger partial charge in [0.25, 0.3) is 0 Å². The van der Waals surface area contributed by atoms with Crippen molar-refractivity contribution in [1.82, 2.24) is 0 Å². The van der Waals surface area contributed by atoms with Crippen LogP contribution in [0.15, 0.2) is 25.0 Å². The van der Waals surface area contributed by atoms with E-state index in [1.165, 1.54) is 6.26 Å². The Labute approximate surface area is 77.9 Å². The normalized spacial score (nSPS) is 10.1. The van der Waals surface area contributed by atoms with Crippen molar-refractivity contribution in [3.63, 3.8) is 0 Å². The molecule has 0 amide bonds. The van der Waals surface area contributed by atoms with Crippen LogP contribution in [0.5, 0.6) is 0 Å². The number of carbonyl (C=O) groups is 1. The van der Waals surface area contributed by atoms with Gasteiger partial charge >= 0.3 is 5.97 Å². The minimum atomic E-state index is -0.224. The molecule has 0 bridgehead atoms. The molecule has 3 heteroatoms. The second kappa shape index (κ2) is 8.34. The van der Waals surface area contributed by atoms with Gasteiger partial charge in [-0.1, -0.05) is 12.7 Å². The topological polar surface area (TPSA) is 26.3 Å². The quantitative estimate of drug-likeness (QED) is 0.211. The van der Waals surface area contributed by atoms with Crippen LogP contribution in [0.3, 0.4) is 0 Å². The third kappa shape index (κ3) is 7.35. The molecule has 2 nitrogen and oxygen atoms in total. The molecule has 12 heavy (non-hydrogen) atoms. The molecule has 0 atom stereocenters. The number of allylic oxidation sites excluding steroid dienone is 2. The lowest BCUT2D eigenvalue weighted by atomic mass is 10.2. The van der Waals surface area contributed by atoms with E-state index in [2.05, 4.69) is 6.58 Å². The lowest BCUT2D eigenvalue weighted by Gasteiger charge is -1.96. The summed E-state index contributed by atoms with van der Waals surface area (Å²) in [5, 5.41) is 0. The number of esters is 1. The Morgan fingerprint density at radius 1 is 1.50 bits per heavy atom. The molecule has 0 spiro atoms. The zero-order chi connectivity index (χ0) is 9.23. The van der Waals surface area contributed by atoms with Crippen molar-refractivity contribution in [2.75, 3.05) is 5.88 Å². The van der Waals surface area contributed by atoms with Gasteiger partial charge in [0, 0.05) is 12.3 Å². The molecular formula is C9H13ClO2. The van der Waals surface area contributed by atoms with Gasteiger partial charge in [0.2, 0.25) is 0 Å². The van der Waals surface area contributed by atoms with Crippen LogP contribution in [0.4, 0.5) is 0 Å². The Bertz CT molecular complexity index is 164. The van der Waals surface area contributed by atoms with Gasteiger partial charge in [0.15, 0.2) is 0 Å². The van der Waals surface area contributed by atoms with Crippen LogP contribution >= 0.6 is 11.6 Å². The first-order valence-corrected chi connectivity index (χ1v) is 4.37. The van der Waals surface area contributed by atoms with Crippen molar-refractivity contribution >= 4 is 17.6 Å². The van der Waals surface area contributed by atoms with E-state index in [-0.39, 0.29) is 5.97 Å². The van der Waals surface area contributed by atoms with Crippen molar-refractivity contribution in [2.45, 2.75) is 19.3 Å². The summed E-state index contributed by atoms with van der Waals surface area (Å²) in [6.07, 6.45) is 6.50. The first-order chi connectivity index (χ1) is 5.81. The van der Waals surface area contributed by atoms with Crippen LogP contribution in [-0.2, 0) is 9.53 Å². The third-order valence-electron chi connectivity index (χ3n) is 1.18.